The third-order valence-electron chi connectivity index (χ3n) is 6.51. The van der Waals surface area contributed by atoms with Crippen LogP contribution in [0.25, 0.3) is 27.8 Å². The molecule has 1 unspecified atom stereocenters. The van der Waals surface area contributed by atoms with Gasteiger partial charge in [-0.1, -0.05) is 105 Å². The summed E-state index contributed by atoms with van der Waals surface area (Å²) in [4.78, 5) is 0. The van der Waals surface area contributed by atoms with Gasteiger partial charge in [0.2, 0.25) is 0 Å². The molecule has 0 amide bonds. The van der Waals surface area contributed by atoms with E-state index in [1.54, 1.807) is 5.57 Å². The van der Waals surface area contributed by atoms with Gasteiger partial charge in [0, 0.05) is 5.41 Å². The van der Waals surface area contributed by atoms with Gasteiger partial charge in [-0.2, -0.15) is 0 Å². The number of hydrogen-bond donors (Lipinski definition) is 0. The zero-order chi connectivity index (χ0) is 19.3. The summed E-state index contributed by atoms with van der Waals surface area (Å²) in [6.45, 7) is 7.10. The quantitative estimate of drug-likeness (QED) is 0.439. The molecule has 0 saturated carbocycles. The SMILES string of the molecule is CC1C=CC2=C(C1)C(C)(C)c1cc(-c3ccc(-c4ccccc4)cc3)ccc12. The first-order valence-corrected chi connectivity index (χ1v) is 10.3. The van der Waals surface area contributed by atoms with E-state index in [0.29, 0.717) is 5.92 Å². The maximum atomic E-state index is 2.42. The van der Waals surface area contributed by atoms with Crippen LogP contribution in [0.1, 0.15) is 38.3 Å². The van der Waals surface area contributed by atoms with Crippen molar-refractivity contribution in [3.63, 3.8) is 0 Å². The second-order valence-electron chi connectivity index (χ2n) is 8.76. The van der Waals surface area contributed by atoms with E-state index >= 15 is 0 Å². The normalized spacial score (nSPS) is 19.5. The molecule has 0 aliphatic heterocycles. The minimum Gasteiger partial charge on any atom is -0.0808 e. The van der Waals surface area contributed by atoms with Crippen molar-refractivity contribution in [2.45, 2.75) is 32.6 Å². The van der Waals surface area contributed by atoms with E-state index in [4.69, 9.17) is 0 Å². The summed E-state index contributed by atoms with van der Waals surface area (Å²) in [5.74, 6) is 0.636. The number of benzene rings is 3. The van der Waals surface area contributed by atoms with Gasteiger partial charge in [-0.3, -0.25) is 0 Å². The van der Waals surface area contributed by atoms with E-state index in [0.717, 1.165) is 0 Å². The summed E-state index contributed by atoms with van der Waals surface area (Å²) >= 11 is 0. The Morgan fingerprint density at radius 1 is 0.750 bits per heavy atom. The minimum absolute atomic E-state index is 0.115. The maximum Gasteiger partial charge on any atom is 0.0121 e. The smallest absolute Gasteiger partial charge is 0.0121 e. The predicted octanol–water partition coefficient (Wildman–Crippen LogP) is 7.66. The van der Waals surface area contributed by atoms with Gasteiger partial charge in [-0.05, 0) is 57.4 Å². The van der Waals surface area contributed by atoms with E-state index in [1.807, 2.05) is 0 Å². The van der Waals surface area contributed by atoms with Crippen LogP contribution < -0.4 is 0 Å². The summed E-state index contributed by atoms with van der Waals surface area (Å²) in [5.41, 5.74) is 11.2. The third kappa shape index (κ3) is 2.67. The molecule has 0 nitrogen and oxygen atoms in total. The van der Waals surface area contributed by atoms with Gasteiger partial charge in [-0.15, -0.1) is 0 Å². The standard InChI is InChI=1S/C28H26/c1-19-9-15-24-25-16-14-23(18-27(25)28(2,3)26(24)17-19)22-12-10-21(11-13-22)20-7-5-4-6-8-20/h4-16,18-19H,17H2,1-3H3. The Labute approximate surface area is 168 Å². The molecule has 0 fully saturated rings. The van der Waals surface area contributed by atoms with E-state index in [2.05, 4.69) is 106 Å². The topological polar surface area (TPSA) is 0 Å². The Kier molecular flexibility index (Phi) is 3.91. The van der Waals surface area contributed by atoms with Gasteiger partial charge in [0.05, 0.1) is 0 Å². The van der Waals surface area contributed by atoms with Crippen molar-refractivity contribution in [3.8, 4) is 22.3 Å². The summed E-state index contributed by atoms with van der Waals surface area (Å²) in [5, 5.41) is 0. The molecule has 0 bridgehead atoms. The van der Waals surface area contributed by atoms with Crippen LogP contribution in [0.2, 0.25) is 0 Å². The van der Waals surface area contributed by atoms with Crippen molar-refractivity contribution in [1.82, 2.24) is 0 Å². The van der Waals surface area contributed by atoms with Crippen LogP contribution in [0.15, 0.2) is 90.5 Å². The van der Waals surface area contributed by atoms with Crippen LogP contribution in [0.4, 0.5) is 0 Å². The van der Waals surface area contributed by atoms with Crippen molar-refractivity contribution in [1.29, 1.82) is 0 Å². The van der Waals surface area contributed by atoms with Gasteiger partial charge in [-0.25, -0.2) is 0 Å². The maximum absolute atomic E-state index is 2.42. The Bertz CT molecular complexity index is 1090. The summed E-state index contributed by atoms with van der Waals surface area (Å²) < 4.78 is 0. The van der Waals surface area contributed by atoms with Crippen LogP contribution in [-0.2, 0) is 5.41 Å². The number of rotatable bonds is 2. The molecule has 1 atom stereocenters. The molecule has 0 heterocycles. The second-order valence-corrected chi connectivity index (χ2v) is 8.76. The first-order chi connectivity index (χ1) is 13.5. The zero-order valence-corrected chi connectivity index (χ0v) is 16.9. The van der Waals surface area contributed by atoms with E-state index in [1.165, 1.54) is 45.4 Å². The van der Waals surface area contributed by atoms with Crippen molar-refractivity contribution in [3.05, 3.63) is 102 Å². The molecule has 5 rings (SSSR count). The van der Waals surface area contributed by atoms with Crippen LogP contribution in [0, 0.1) is 5.92 Å². The van der Waals surface area contributed by atoms with Gasteiger partial charge in [0.1, 0.15) is 0 Å². The van der Waals surface area contributed by atoms with Crippen LogP contribution in [0.5, 0.6) is 0 Å². The first kappa shape index (κ1) is 17.3. The largest absolute Gasteiger partial charge is 0.0808 e. The highest BCUT2D eigenvalue weighted by Crippen LogP contribution is 2.51. The van der Waals surface area contributed by atoms with Crippen molar-refractivity contribution < 1.29 is 0 Å². The fourth-order valence-electron chi connectivity index (χ4n) is 4.83. The van der Waals surface area contributed by atoms with E-state index in [9.17, 15) is 0 Å². The monoisotopic (exact) mass is 362 g/mol. The highest BCUT2D eigenvalue weighted by molar-refractivity contribution is 5.88. The molecule has 0 saturated heterocycles. The molecule has 3 aromatic rings. The lowest BCUT2D eigenvalue weighted by Crippen LogP contribution is -2.19. The molecule has 0 N–H and O–H groups in total. The number of allylic oxidation sites excluding steroid dienone is 4. The molecular weight excluding hydrogens is 336 g/mol. The molecule has 0 radical (unpaired) electrons. The fraction of sp³-hybridized carbons (Fsp3) is 0.214. The highest BCUT2D eigenvalue weighted by atomic mass is 14.4. The lowest BCUT2D eigenvalue weighted by Gasteiger charge is -2.28. The van der Waals surface area contributed by atoms with Gasteiger partial charge in [0.15, 0.2) is 0 Å². The molecule has 2 aliphatic rings. The Morgan fingerprint density at radius 3 is 2.07 bits per heavy atom. The third-order valence-corrected chi connectivity index (χ3v) is 6.51. The Morgan fingerprint density at radius 2 is 1.36 bits per heavy atom. The molecule has 28 heavy (non-hydrogen) atoms. The molecular formula is C28H26. The average Bonchev–Trinajstić information content (AvgIpc) is 2.95. The van der Waals surface area contributed by atoms with Gasteiger partial charge >= 0.3 is 0 Å². The second kappa shape index (κ2) is 6.34. The molecule has 3 aromatic carbocycles. The van der Waals surface area contributed by atoms with Crippen LogP contribution >= 0.6 is 0 Å². The number of fused-ring (bicyclic) bond motifs is 2. The van der Waals surface area contributed by atoms with Crippen LogP contribution in [0.3, 0.4) is 0 Å². The summed E-state index contributed by atoms with van der Waals surface area (Å²) in [6.07, 6.45) is 5.89. The molecule has 0 aromatic heterocycles. The van der Waals surface area contributed by atoms with Gasteiger partial charge < -0.3 is 0 Å². The molecule has 138 valence electrons. The first-order valence-electron chi connectivity index (χ1n) is 10.3. The summed E-state index contributed by atoms with van der Waals surface area (Å²) in [6, 6.07) is 26.6. The average molecular weight is 363 g/mol. The fourth-order valence-corrected chi connectivity index (χ4v) is 4.83. The van der Waals surface area contributed by atoms with E-state index in [-0.39, 0.29) is 5.41 Å². The minimum atomic E-state index is 0.115. The number of hydrogen-bond acceptors (Lipinski definition) is 0. The predicted molar refractivity (Wildman–Crippen MR) is 120 cm³/mol. The van der Waals surface area contributed by atoms with E-state index < -0.39 is 0 Å². The van der Waals surface area contributed by atoms with Gasteiger partial charge in [0.25, 0.3) is 0 Å². The van der Waals surface area contributed by atoms with Crippen LogP contribution in [-0.4, -0.2) is 0 Å². The van der Waals surface area contributed by atoms with Crippen molar-refractivity contribution in [2.75, 3.05) is 0 Å². The Hall–Kier alpha value is -2.86. The zero-order valence-electron chi connectivity index (χ0n) is 16.9. The summed E-state index contributed by atoms with van der Waals surface area (Å²) in [7, 11) is 0. The molecule has 2 aliphatic carbocycles. The lowest BCUT2D eigenvalue weighted by molar-refractivity contribution is 0.566. The molecule has 0 spiro atoms. The molecule has 0 heteroatoms. The van der Waals surface area contributed by atoms with Crippen molar-refractivity contribution >= 4 is 5.57 Å². The van der Waals surface area contributed by atoms with Crippen molar-refractivity contribution in [2.24, 2.45) is 5.92 Å². The highest BCUT2D eigenvalue weighted by Gasteiger charge is 2.38. The lowest BCUT2D eigenvalue weighted by atomic mass is 9.76. The Balaban J connectivity index is 1.52.